The largest absolute Gasteiger partial charge is 0.469 e. The summed E-state index contributed by atoms with van der Waals surface area (Å²) in [5.74, 6) is -1.31. The summed E-state index contributed by atoms with van der Waals surface area (Å²) in [7, 11) is 1.28. The van der Waals surface area contributed by atoms with Crippen LogP contribution in [-0.4, -0.2) is 27.8 Å². The molecular weight excluding hydrogens is 250 g/mol. The molecule has 2 atom stereocenters. The molecule has 0 radical (unpaired) electrons. The van der Waals surface area contributed by atoms with E-state index in [-0.39, 0.29) is 11.1 Å². The van der Waals surface area contributed by atoms with Crippen molar-refractivity contribution in [3.8, 4) is 0 Å². The zero-order valence-corrected chi connectivity index (χ0v) is 10.3. The van der Waals surface area contributed by atoms with Gasteiger partial charge in [0.25, 0.3) is 0 Å². The van der Waals surface area contributed by atoms with Crippen molar-refractivity contribution in [2.24, 2.45) is 5.92 Å². The van der Waals surface area contributed by atoms with E-state index in [1.807, 2.05) is 0 Å². The van der Waals surface area contributed by atoms with Crippen LogP contribution in [0.15, 0.2) is 6.20 Å². The summed E-state index contributed by atoms with van der Waals surface area (Å²) in [5, 5.41) is 14.2. The third kappa shape index (κ3) is 2.73. The number of hydrogen-bond donors (Lipinski definition) is 0. The maximum atomic E-state index is 11.3. The summed E-state index contributed by atoms with van der Waals surface area (Å²) in [6, 6.07) is -0.381. The van der Waals surface area contributed by atoms with Gasteiger partial charge in [-0.25, -0.2) is 0 Å². The Bertz CT molecular complexity index is 445. The molecule has 0 aromatic carbocycles. The molecule has 7 nitrogen and oxygen atoms in total. The monoisotopic (exact) mass is 261 g/mol. The lowest BCUT2D eigenvalue weighted by Gasteiger charge is -2.14. The number of ether oxygens (including phenoxy) is 1. The highest BCUT2D eigenvalue weighted by atomic mass is 35.5. The van der Waals surface area contributed by atoms with Crippen molar-refractivity contribution >= 4 is 23.4 Å². The summed E-state index contributed by atoms with van der Waals surface area (Å²) in [4.78, 5) is 21.2. The summed E-state index contributed by atoms with van der Waals surface area (Å²) in [5.41, 5.74) is 0. The first-order valence-electron chi connectivity index (χ1n) is 4.85. The van der Waals surface area contributed by atoms with E-state index in [0.717, 1.165) is 0 Å². The smallest absolute Gasteiger partial charge is 0.408 e. The van der Waals surface area contributed by atoms with Crippen LogP contribution in [0, 0.1) is 16.0 Å². The normalized spacial score (nSPS) is 14.1. The van der Waals surface area contributed by atoms with Gasteiger partial charge in [0.1, 0.15) is 0 Å². The number of hydrogen-bond acceptors (Lipinski definition) is 5. The van der Waals surface area contributed by atoms with Crippen molar-refractivity contribution in [3.63, 3.8) is 0 Å². The Morgan fingerprint density at radius 3 is 2.65 bits per heavy atom. The molecule has 1 heterocycles. The first-order valence-corrected chi connectivity index (χ1v) is 5.23. The number of nitro groups is 1. The van der Waals surface area contributed by atoms with Gasteiger partial charge in [-0.3, -0.25) is 4.79 Å². The van der Waals surface area contributed by atoms with E-state index in [1.165, 1.54) is 18.0 Å². The molecule has 94 valence electrons. The molecule has 0 saturated heterocycles. The number of halogens is 1. The zero-order valence-electron chi connectivity index (χ0n) is 9.58. The van der Waals surface area contributed by atoms with E-state index in [0.29, 0.717) is 0 Å². The lowest BCUT2D eigenvalue weighted by molar-refractivity contribution is -0.389. The van der Waals surface area contributed by atoms with Gasteiger partial charge in [-0.2, -0.15) is 4.68 Å². The van der Waals surface area contributed by atoms with E-state index in [9.17, 15) is 14.9 Å². The average molecular weight is 262 g/mol. The molecule has 0 bridgehead atoms. The van der Waals surface area contributed by atoms with Crippen molar-refractivity contribution in [1.29, 1.82) is 0 Å². The van der Waals surface area contributed by atoms with Gasteiger partial charge in [0.05, 0.1) is 30.4 Å². The lowest BCUT2D eigenvalue weighted by atomic mass is 10.0. The molecule has 17 heavy (non-hydrogen) atoms. The Hall–Kier alpha value is -1.63. The van der Waals surface area contributed by atoms with Crippen LogP contribution in [0.1, 0.15) is 19.9 Å². The second-order valence-electron chi connectivity index (χ2n) is 3.59. The number of esters is 1. The van der Waals surface area contributed by atoms with Gasteiger partial charge in [-0.15, -0.1) is 0 Å². The maximum Gasteiger partial charge on any atom is 0.408 e. The van der Waals surface area contributed by atoms with Gasteiger partial charge in [0.15, 0.2) is 5.02 Å². The Morgan fingerprint density at radius 2 is 2.24 bits per heavy atom. The predicted molar refractivity (Wildman–Crippen MR) is 59.8 cm³/mol. The fraction of sp³-hybridized carbons (Fsp3) is 0.556. The van der Waals surface area contributed by atoms with Crippen LogP contribution in [0.2, 0.25) is 5.02 Å². The second-order valence-corrected chi connectivity index (χ2v) is 4.00. The number of carbonyl (C=O) groups is 1. The standard InChI is InChI=1S/C9H12ClN3O4/c1-5(9(14)17-3)6(2)12-4-7(10)8(11-12)13(15)16/h4-6H,1-3H3. The average Bonchev–Trinajstić information content (AvgIpc) is 2.68. The number of carbonyl (C=O) groups excluding carboxylic acids is 1. The van der Waals surface area contributed by atoms with Crippen LogP contribution in [-0.2, 0) is 9.53 Å². The zero-order chi connectivity index (χ0) is 13.2. The highest BCUT2D eigenvalue weighted by Gasteiger charge is 2.28. The van der Waals surface area contributed by atoms with Crippen molar-refractivity contribution in [1.82, 2.24) is 9.78 Å². The summed E-state index contributed by atoms with van der Waals surface area (Å²) in [6.45, 7) is 3.35. The van der Waals surface area contributed by atoms with Crippen LogP contribution in [0.5, 0.6) is 0 Å². The Morgan fingerprint density at radius 1 is 1.65 bits per heavy atom. The van der Waals surface area contributed by atoms with Crippen LogP contribution in [0.25, 0.3) is 0 Å². The lowest BCUT2D eigenvalue weighted by Crippen LogP contribution is -2.23. The van der Waals surface area contributed by atoms with E-state index >= 15 is 0 Å². The molecule has 0 N–H and O–H groups in total. The van der Waals surface area contributed by atoms with E-state index in [4.69, 9.17) is 11.6 Å². The molecule has 8 heteroatoms. The molecule has 0 amide bonds. The van der Waals surface area contributed by atoms with Crippen LogP contribution < -0.4 is 0 Å². The number of rotatable bonds is 4. The quantitative estimate of drug-likeness (QED) is 0.469. The van der Waals surface area contributed by atoms with E-state index in [1.54, 1.807) is 13.8 Å². The number of methoxy groups -OCH3 is 1. The highest BCUT2D eigenvalue weighted by molar-refractivity contribution is 6.32. The van der Waals surface area contributed by atoms with Gasteiger partial charge in [0, 0.05) is 0 Å². The van der Waals surface area contributed by atoms with Crippen molar-refractivity contribution in [3.05, 3.63) is 21.3 Å². The van der Waals surface area contributed by atoms with Gasteiger partial charge in [0.2, 0.25) is 0 Å². The molecule has 0 aliphatic heterocycles. The van der Waals surface area contributed by atoms with Gasteiger partial charge in [-0.1, -0.05) is 11.6 Å². The molecule has 1 rings (SSSR count). The third-order valence-electron chi connectivity index (χ3n) is 2.56. The predicted octanol–water partition coefficient (Wildman–Crippen LogP) is 1.81. The summed E-state index contributed by atoms with van der Waals surface area (Å²) in [6.07, 6.45) is 1.32. The van der Waals surface area contributed by atoms with Crippen molar-refractivity contribution < 1.29 is 14.5 Å². The number of nitrogens with zero attached hydrogens (tertiary/aromatic N) is 3. The minimum atomic E-state index is -0.672. The molecule has 1 aromatic rings. The van der Waals surface area contributed by atoms with Gasteiger partial charge < -0.3 is 14.9 Å². The van der Waals surface area contributed by atoms with Crippen LogP contribution >= 0.6 is 11.6 Å². The maximum absolute atomic E-state index is 11.3. The molecule has 0 aliphatic carbocycles. The molecule has 2 unspecified atom stereocenters. The fourth-order valence-corrected chi connectivity index (χ4v) is 1.51. The Balaban J connectivity index is 2.97. The van der Waals surface area contributed by atoms with E-state index in [2.05, 4.69) is 9.84 Å². The first kappa shape index (κ1) is 13.4. The third-order valence-corrected chi connectivity index (χ3v) is 2.82. The molecule has 0 spiro atoms. The SMILES string of the molecule is COC(=O)C(C)C(C)n1cc(Cl)c([N+](=O)[O-])n1. The highest BCUT2D eigenvalue weighted by Crippen LogP contribution is 2.26. The summed E-state index contributed by atoms with van der Waals surface area (Å²) >= 11 is 5.66. The molecule has 1 aromatic heterocycles. The molecule has 0 fully saturated rings. The topological polar surface area (TPSA) is 87.3 Å². The molecule has 0 aliphatic rings. The van der Waals surface area contributed by atoms with Gasteiger partial charge in [-0.05, 0) is 18.8 Å². The van der Waals surface area contributed by atoms with Crippen LogP contribution in [0.3, 0.4) is 0 Å². The minimum Gasteiger partial charge on any atom is -0.469 e. The number of aromatic nitrogens is 2. The Kier molecular flexibility index (Phi) is 4.06. The van der Waals surface area contributed by atoms with Crippen molar-refractivity contribution in [2.45, 2.75) is 19.9 Å². The minimum absolute atomic E-state index is 0.0566. The Labute approximate surface area is 102 Å². The first-order chi connectivity index (χ1) is 7.88. The second kappa shape index (κ2) is 5.13. The fourth-order valence-electron chi connectivity index (χ4n) is 1.30. The van der Waals surface area contributed by atoms with E-state index < -0.39 is 22.6 Å². The van der Waals surface area contributed by atoms with Crippen LogP contribution in [0.4, 0.5) is 5.82 Å². The molecular formula is C9H12ClN3O4. The van der Waals surface area contributed by atoms with Gasteiger partial charge >= 0.3 is 11.8 Å². The molecule has 0 saturated carbocycles. The van der Waals surface area contributed by atoms with Crippen molar-refractivity contribution in [2.75, 3.05) is 7.11 Å². The summed E-state index contributed by atoms with van der Waals surface area (Å²) < 4.78 is 5.89.